The van der Waals surface area contributed by atoms with Crippen molar-refractivity contribution in [2.75, 3.05) is 6.54 Å². The maximum absolute atomic E-state index is 12.9. The third kappa shape index (κ3) is 3.43. The van der Waals surface area contributed by atoms with E-state index in [1.807, 2.05) is 41.3 Å². The normalized spacial score (nSPS) is 22.6. The molecule has 2 aromatic rings. The summed E-state index contributed by atoms with van der Waals surface area (Å²) >= 11 is 0. The molecule has 4 heteroatoms. The number of likely N-dealkylation sites (tertiary alicyclic amines) is 1. The van der Waals surface area contributed by atoms with Crippen molar-refractivity contribution in [3.8, 4) is 0 Å². The van der Waals surface area contributed by atoms with Crippen molar-refractivity contribution in [2.24, 2.45) is 5.16 Å². The van der Waals surface area contributed by atoms with Gasteiger partial charge in [-0.15, -0.1) is 0 Å². The van der Waals surface area contributed by atoms with Crippen molar-refractivity contribution in [3.63, 3.8) is 0 Å². The Morgan fingerprint density at radius 2 is 1.80 bits per heavy atom. The molecular weight excluding hydrogens is 312 g/mol. The van der Waals surface area contributed by atoms with Gasteiger partial charge in [-0.1, -0.05) is 65.8 Å². The van der Waals surface area contributed by atoms with E-state index in [0.717, 1.165) is 31.4 Å². The number of carbonyl (C=O) groups is 1. The van der Waals surface area contributed by atoms with Crippen LogP contribution in [0.15, 0.2) is 65.8 Å². The third-order valence-electron chi connectivity index (χ3n) is 5.04. The van der Waals surface area contributed by atoms with Crippen LogP contribution in [0.1, 0.15) is 36.5 Å². The van der Waals surface area contributed by atoms with Gasteiger partial charge in [0.2, 0.25) is 0 Å². The molecule has 0 aromatic heterocycles. The van der Waals surface area contributed by atoms with Gasteiger partial charge in [0.05, 0.1) is 0 Å². The predicted octanol–water partition coefficient (Wildman–Crippen LogP) is 3.74. The van der Waals surface area contributed by atoms with Crippen LogP contribution in [0.5, 0.6) is 0 Å². The highest BCUT2D eigenvalue weighted by molar-refractivity contribution is 6.39. The second-order valence-electron chi connectivity index (χ2n) is 6.73. The zero-order valence-electron chi connectivity index (χ0n) is 14.2. The molecule has 4 rings (SSSR count). The average Bonchev–Trinajstić information content (AvgIpc) is 3.32. The number of carbonyl (C=O) groups excluding carboxylic acids is 1. The summed E-state index contributed by atoms with van der Waals surface area (Å²) in [6, 6.07) is 20.6. The Labute approximate surface area is 148 Å². The first kappa shape index (κ1) is 15.9. The van der Waals surface area contributed by atoms with Crippen LogP contribution in [0.2, 0.25) is 0 Å². The maximum atomic E-state index is 12.9. The van der Waals surface area contributed by atoms with E-state index in [2.05, 4.69) is 29.4 Å². The number of oxime groups is 1. The van der Waals surface area contributed by atoms with Gasteiger partial charge in [0.15, 0.2) is 6.10 Å². The van der Waals surface area contributed by atoms with Crippen molar-refractivity contribution < 1.29 is 9.63 Å². The molecule has 25 heavy (non-hydrogen) atoms. The second-order valence-corrected chi connectivity index (χ2v) is 6.73. The number of rotatable bonds is 4. The SMILES string of the molecule is O=C(C1=NO[C@H](c2ccccc2)C1)N1CCC[C@@H]1Cc1ccccc1. The van der Waals surface area contributed by atoms with Crippen LogP contribution >= 0.6 is 0 Å². The van der Waals surface area contributed by atoms with Gasteiger partial charge in [0.25, 0.3) is 5.91 Å². The van der Waals surface area contributed by atoms with Gasteiger partial charge in [-0.3, -0.25) is 4.79 Å². The van der Waals surface area contributed by atoms with Crippen LogP contribution in [-0.2, 0) is 16.1 Å². The highest BCUT2D eigenvalue weighted by atomic mass is 16.6. The van der Waals surface area contributed by atoms with E-state index in [4.69, 9.17) is 4.84 Å². The Hall–Kier alpha value is -2.62. The first-order valence-electron chi connectivity index (χ1n) is 8.94. The van der Waals surface area contributed by atoms with E-state index in [1.165, 1.54) is 5.56 Å². The number of benzene rings is 2. The van der Waals surface area contributed by atoms with Crippen LogP contribution in [0.4, 0.5) is 0 Å². The Kier molecular flexibility index (Phi) is 4.51. The minimum Gasteiger partial charge on any atom is -0.387 e. The summed E-state index contributed by atoms with van der Waals surface area (Å²) in [6.07, 6.45) is 3.42. The lowest BCUT2D eigenvalue weighted by Gasteiger charge is -2.24. The van der Waals surface area contributed by atoms with Crippen molar-refractivity contribution >= 4 is 11.6 Å². The van der Waals surface area contributed by atoms with Gasteiger partial charge in [-0.25, -0.2) is 0 Å². The van der Waals surface area contributed by atoms with Gasteiger partial charge in [0, 0.05) is 19.0 Å². The van der Waals surface area contributed by atoms with Crippen molar-refractivity contribution in [1.29, 1.82) is 0 Å². The van der Waals surface area contributed by atoms with Crippen LogP contribution in [-0.4, -0.2) is 29.1 Å². The van der Waals surface area contributed by atoms with E-state index in [-0.39, 0.29) is 18.1 Å². The van der Waals surface area contributed by atoms with Gasteiger partial charge in [-0.05, 0) is 30.4 Å². The Balaban J connectivity index is 1.42. The summed E-state index contributed by atoms with van der Waals surface area (Å²) in [5, 5.41) is 4.10. The average molecular weight is 334 g/mol. The van der Waals surface area contributed by atoms with E-state index < -0.39 is 0 Å². The van der Waals surface area contributed by atoms with Crippen molar-refractivity contribution in [1.82, 2.24) is 4.90 Å². The molecule has 0 saturated carbocycles. The minimum absolute atomic E-state index is 0.0388. The largest absolute Gasteiger partial charge is 0.387 e. The van der Waals surface area contributed by atoms with Crippen LogP contribution < -0.4 is 0 Å². The zero-order valence-corrected chi connectivity index (χ0v) is 14.2. The van der Waals surface area contributed by atoms with E-state index in [1.54, 1.807) is 0 Å². The van der Waals surface area contributed by atoms with Gasteiger partial charge in [0.1, 0.15) is 5.71 Å². The zero-order chi connectivity index (χ0) is 17.1. The highest BCUT2D eigenvalue weighted by Crippen LogP contribution is 2.29. The summed E-state index contributed by atoms with van der Waals surface area (Å²) in [5.41, 5.74) is 2.89. The van der Waals surface area contributed by atoms with E-state index in [0.29, 0.717) is 12.1 Å². The van der Waals surface area contributed by atoms with Gasteiger partial charge in [-0.2, -0.15) is 0 Å². The summed E-state index contributed by atoms with van der Waals surface area (Å²) in [7, 11) is 0. The van der Waals surface area contributed by atoms with Gasteiger partial charge >= 0.3 is 0 Å². The first-order chi connectivity index (χ1) is 12.3. The van der Waals surface area contributed by atoms with Crippen molar-refractivity contribution in [3.05, 3.63) is 71.8 Å². The molecular formula is C21H22N2O2. The van der Waals surface area contributed by atoms with Crippen LogP contribution in [0.3, 0.4) is 0 Å². The Morgan fingerprint density at radius 1 is 1.08 bits per heavy atom. The monoisotopic (exact) mass is 334 g/mol. The molecule has 0 unspecified atom stereocenters. The third-order valence-corrected chi connectivity index (χ3v) is 5.04. The predicted molar refractivity (Wildman–Crippen MR) is 97.2 cm³/mol. The topological polar surface area (TPSA) is 41.9 Å². The van der Waals surface area contributed by atoms with E-state index in [9.17, 15) is 4.79 Å². The number of hydrogen-bond donors (Lipinski definition) is 0. The van der Waals surface area contributed by atoms with Crippen LogP contribution in [0.25, 0.3) is 0 Å². The molecule has 2 heterocycles. The molecule has 1 saturated heterocycles. The molecule has 0 aliphatic carbocycles. The highest BCUT2D eigenvalue weighted by Gasteiger charge is 2.35. The first-order valence-corrected chi connectivity index (χ1v) is 8.94. The maximum Gasteiger partial charge on any atom is 0.272 e. The smallest absolute Gasteiger partial charge is 0.272 e. The number of nitrogens with zero attached hydrogens (tertiary/aromatic N) is 2. The second kappa shape index (κ2) is 7.09. The summed E-state index contributed by atoms with van der Waals surface area (Å²) < 4.78 is 0. The molecule has 2 aliphatic rings. The summed E-state index contributed by atoms with van der Waals surface area (Å²) in [4.78, 5) is 20.5. The fourth-order valence-electron chi connectivity index (χ4n) is 3.72. The lowest BCUT2D eigenvalue weighted by Crippen LogP contribution is -2.40. The summed E-state index contributed by atoms with van der Waals surface area (Å²) in [5.74, 6) is 0.0388. The molecule has 1 amide bonds. The van der Waals surface area contributed by atoms with Gasteiger partial charge < -0.3 is 9.74 Å². The fourth-order valence-corrected chi connectivity index (χ4v) is 3.72. The lowest BCUT2D eigenvalue weighted by atomic mass is 10.0. The van der Waals surface area contributed by atoms with Crippen LogP contribution in [0, 0.1) is 0 Å². The molecule has 0 bridgehead atoms. The standard InChI is InChI=1S/C21H22N2O2/c24-21(19-15-20(25-22-19)17-10-5-2-6-11-17)23-13-7-12-18(23)14-16-8-3-1-4-9-16/h1-6,8-11,18,20H,7,12-15H2/t18-,20+/m1/s1. The fraction of sp³-hybridized carbons (Fsp3) is 0.333. The number of amides is 1. The summed E-state index contributed by atoms with van der Waals surface area (Å²) in [6.45, 7) is 0.811. The number of hydrogen-bond acceptors (Lipinski definition) is 3. The lowest BCUT2D eigenvalue weighted by molar-refractivity contribution is -0.124. The molecule has 128 valence electrons. The van der Waals surface area contributed by atoms with E-state index >= 15 is 0 Å². The molecule has 0 N–H and O–H groups in total. The molecule has 1 fully saturated rings. The molecule has 0 radical (unpaired) electrons. The minimum atomic E-state index is -0.143. The molecule has 2 aromatic carbocycles. The quantitative estimate of drug-likeness (QED) is 0.855. The molecule has 4 nitrogen and oxygen atoms in total. The Bertz CT molecular complexity index is 758. The molecule has 2 atom stereocenters. The Morgan fingerprint density at radius 3 is 2.56 bits per heavy atom. The van der Waals surface area contributed by atoms with Crippen molar-refractivity contribution in [2.45, 2.75) is 37.8 Å². The molecule has 2 aliphatic heterocycles. The molecule has 0 spiro atoms.